The van der Waals surface area contributed by atoms with Crippen LogP contribution in [0.5, 0.6) is 0 Å². The first-order chi connectivity index (χ1) is 19.8. The molecule has 0 atom stereocenters. The first-order valence-electron chi connectivity index (χ1n) is 14.6. The third-order valence-corrected chi connectivity index (χ3v) is 6.40. The minimum absolute atomic E-state index is 0. The van der Waals surface area contributed by atoms with Gasteiger partial charge in [-0.25, -0.2) is 23.3 Å². The van der Waals surface area contributed by atoms with Crippen molar-refractivity contribution in [3.63, 3.8) is 0 Å². The van der Waals surface area contributed by atoms with Crippen LogP contribution in [-0.4, -0.2) is 10.9 Å². The molecule has 0 aromatic heterocycles. The second-order valence-electron chi connectivity index (χ2n) is 11.1. The Balaban J connectivity index is 0. The minimum atomic E-state index is 0. The zero-order valence-electron chi connectivity index (χ0n) is 28.3. The number of halogens is 2. The van der Waals surface area contributed by atoms with Gasteiger partial charge in [-0.1, -0.05) is 39.8 Å². The summed E-state index contributed by atoms with van der Waals surface area (Å²) < 4.78 is 0. The van der Waals surface area contributed by atoms with E-state index in [2.05, 4.69) is 153 Å². The van der Waals surface area contributed by atoms with Crippen LogP contribution >= 0.6 is 0 Å². The van der Waals surface area contributed by atoms with E-state index in [0.29, 0.717) is 0 Å². The smallest absolute Gasteiger partial charge is 0.0576 e. The number of allylic oxidation sites excluding steroid dienone is 8. The first kappa shape index (κ1) is 45.5. The summed E-state index contributed by atoms with van der Waals surface area (Å²) in [5.41, 5.74) is 8.73. The molecule has 0 saturated heterocycles. The fourth-order valence-corrected chi connectivity index (χ4v) is 4.03. The molecule has 44 heavy (non-hydrogen) atoms. The fraction of sp³-hybridized carbons (Fsp3) is 0.316. The van der Waals surface area contributed by atoms with Crippen LogP contribution in [0.1, 0.15) is 48.9 Å². The Bertz CT molecular complexity index is 1430. The van der Waals surface area contributed by atoms with Crippen LogP contribution in [0.3, 0.4) is 0 Å². The van der Waals surface area contributed by atoms with Gasteiger partial charge < -0.3 is 24.8 Å². The molecule has 0 amide bonds. The molecule has 0 unspecified atom stereocenters. The van der Waals surface area contributed by atoms with Crippen LogP contribution in [0, 0.1) is 39.8 Å². The molecule has 0 N–H and O–H groups in total. The summed E-state index contributed by atoms with van der Waals surface area (Å²) in [6, 6.07) is 21.5. The van der Waals surface area contributed by atoms with Gasteiger partial charge in [0.2, 0.25) is 0 Å². The largest absolute Gasteiger partial charge is 1.00 e. The first-order valence-corrected chi connectivity index (χ1v) is 26.9. The average Bonchev–Trinajstić information content (AvgIpc) is 3.72. The fourth-order valence-electron chi connectivity index (χ4n) is 4.03. The molecule has 2 aliphatic carbocycles. The number of hydrogen-bond donors (Lipinski definition) is 0. The van der Waals surface area contributed by atoms with Gasteiger partial charge in [0.05, 0.1) is 0 Å². The summed E-state index contributed by atoms with van der Waals surface area (Å²) in [6.45, 7) is 22.1. The van der Waals surface area contributed by atoms with Gasteiger partial charge in [0.1, 0.15) is 0 Å². The van der Waals surface area contributed by atoms with Crippen molar-refractivity contribution < 1.29 is 71.5 Å². The predicted molar refractivity (Wildman–Crippen MR) is 185 cm³/mol. The number of fused-ring (bicyclic) bond motifs is 2. The molecule has 0 fully saturated rings. The van der Waals surface area contributed by atoms with Crippen LogP contribution in [-0.2, 0) is 46.7 Å². The van der Waals surface area contributed by atoms with Gasteiger partial charge in [0.15, 0.2) is 0 Å². The van der Waals surface area contributed by atoms with Crippen molar-refractivity contribution in [1.82, 2.24) is 0 Å². The second kappa shape index (κ2) is 25.5. The Morgan fingerprint density at radius 1 is 0.568 bits per heavy atom. The van der Waals surface area contributed by atoms with E-state index >= 15 is 0 Å². The van der Waals surface area contributed by atoms with E-state index in [-0.39, 0.29) is 35.7 Å². The molecule has 232 valence electrons. The molecule has 0 aliphatic heterocycles. The molecule has 0 spiro atoms. The van der Waals surface area contributed by atoms with Crippen LogP contribution < -0.4 is 24.8 Å². The van der Waals surface area contributed by atoms with Crippen LogP contribution in [0.4, 0.5) is 0 Å². The van der Waals surface area contributed by atoms with Gasteiger partial charge in [-0.05, 0) is 0 Å². The molecule has 0 bridgehead atoms. The van der Waals surface area contributed by atoms with Gasteiger partial charge in [-0.2, -0.15) is 23.3 Å². The number of benzene rings is 2. The van der Waals surface area contributed by atoms with Crippen molar-refractivity contribution in [2.24, 2.45) is 0 Å². The van der Waals surface area contributed by atoms with E-state index in [1.165, 1.54) is 54.9 Å². The van der Waals surface area contributed by atoms with E-state index in [4.69, 9.17) is 0 Å². The third-order valence-electron chi connectivity index (χ3n) is 6.40. The van der Waals surface area contributed by atoms with Gasteiger partial charge in [-0.15, -0.1) is 108 Å². The normalized spacial score (nSPS) is 11.7. The molecule has 0 nitrogen and oxygen atoms in total. The van der Waals surface area contributed by atoms with Crippen LogP contribution in [0.25, 0.3) is 21.5 Å². The van der Waals surface area contributed by atoms with Gasteiger partial charge >= 0.3 is 83.7 Å². The molecule has 4 aromatic rings. The molecule has 0 radical (unpaired) electrons. The van der Waals surface area contributed by atoms with Crippen molar-refractivity contribution in [3.05, 3.63) is 131 Å². The van der Waals surface area contributed by atoms with Crippen molar-refractivity contribution in [2.75, 3.05) is 0 Å². The molecule has 4 aromatic carbocycles. The Morgan fingerprint density at radius 3 is 1.07 bits per heavy atom. The maximum atomic E-state index is 3.05. The van der Waals surface area contributed by atoms with Gasteiger partial charge in [0, 0.05) is 0 Å². The van der Waals surface area contributed by atoms with Crippen molar-refractivity contribution >= 4 is 32.4 Å². The number of aryl methyl sites for hydroxylation is 4. The van der Waals surface area contributed by atoms with Gasteiger partial charge in [0.25, 0.3) is 0 Å². The molecule has 0 heterocycles. The summed E-state index contributed by atoms with van der Waals surface area (Å²) >= 11 is 3.48. The summed E-state index contributed by atoms with van der Waals surface area (Å²) in [5.74, 6) is 0. The minimum Gasteiger partial charge on any atom is -1.00 e. The van der Waals surface area contributed by atoms with E-state index in [1.807, 2.05) is 12.2 Å². The van der Waals surface area contributed by atoms with Crippen molar-refractivity contribution in [2.45, 2.75) is 80.6 Å². The van der Waals surface area contributed by atoms with E-state index < -0.39 is 0 Å². The standard InChI is InChI=1S/2C11H11.2C6H7.2C2H6Si.2ClH.2Zr/c2*1-8-7-10-5-3-4-6-11(10)9(8)2;2*1-6-4-2-3-5-6;2*1-3-2;;;;/h2*3-7H,1-2H3;2*4-5H,2H2,1H3;2*1-2H3;2*1H;;/q4*-1;;;;;2*+2/p-2. The molecule has 0 saturated carbocycles. The maximum Gasteiger partial charge on any atom is -0.0576 e. The zero-order valence-corrected chi connectivity index (χ0v) is 36.7. The number of rotatable bonds is 0. The van der Waals surface area contributed by atoms with Crippen LogP contribution in [0.15, 0.2) is 96.1 Å². The Hall–Kier alpha value is -0.600. The average molecular weight is 814 g/mol. The Kier molecular flexibility index (Phi) is 26.4. The quantitative estimate of drug-likeness (QED) is 0.167. The van der Waals surface area contributed by atoms with E-state index in [0.717, 1.165) is 12.8 Å². The Morgan fingerprint density at radius 2 is 0.864 bits per heavy atom. The molecule has 6 heteroatoms. The molecule has 6 rings (SSSR count). The third kappa shape index (κ3) is 19.2. The van der Waals surface area contributed by atoms with Crippen molar-refractivity contribution in [3.8, 4) is 0 Å². The van der Waals surface area contributed by atoms with Crippen molar-refractivity contribution in [1.29, 1.82) is 0 Å². The van der Waals surface area contributed by atoms with Gasteiger partial charge in [-0.3, -0.25) is 12.2 Å². The molecular formula is C38H48Cl2Si2Zr2-2. The summed E-state index contributed by atoms with van der Waals surface area (Å²) in [6.07, 6.45) is 16.5. The summed E-state index contributed by atoms with van der Waals surface area (Å²) in [4.78, 5) is 0. The zero-order chi connectivity index (χ0) is 31.7. The summed E-state index contributed by atoms with van der Waals surface area (Å²) in [5, 5.41) is 5.51. The van der Waals surface area contributed by atoms with E-state index in [1.54, 1.807) is 46.7 Å². The topological polar surface area (TPSA) is 0 Å². The predicted octanol–water partition coefficient (Wildman–Crippen LogP) is 5.32. The number of hydrogen-bond acceptors (Lipinski definition) is 0. The molecular weight excluding hydrogens is 766 g/mol. The van der Waals surface area contributed by atoms with Crippen LogP contribution in [0.2, 0.25) is 26.2 Å². The monoisotopic (exact) mass is 810 g/mol. The van der Waals surface area contributed by atoms with E-state index in [9.17, 15) is 0 Å². The summed E-state index contributed by atoms with van der Waals surface area (Å²) in [7, 11) is 0. The molecule has 2 aliphatic rings. The second-order valence-corrected chi connectivity index (χ2v) is 29.8. The Labute approximate surface area is 311 Å². The SMILES string of the molecule is CC1=CC[C-]=C1.CC1=CC[C-]=C1.C[Si](C)=[Zr+2].C[Si](C)=[Zr+2].Cc1[cH-]c2ccccc2c1C.Cc1[cH-]c2ccccc2c1C.[Cl-].[Cl-]. The maximum absolute atomic E-state index is 3.05.